The maximum Gasteiger partial charge on any atom is 0.136 e. The minimum absolute atomic E-state index is 0.304. The zero-order valence-corrected chi connectivity index (χ0v) is 22.6. The molecule has 0 unspecified atom stereocenters. The van der Waals surface area contributed by atoms with Gasteiger partial charge in [-0.3, -0.25) is 0 Å². The zero-order valence-electron chi connectivity index (χ0n) is 21.8. The van der Waals surface area contributed by atoms with Gasteiger partial charge in [-0.15, -0.1) is 0 Å². The molecule has 0 aromatic heterocycles. The highest BCUT2D eigenvalue weighted by Gasteiger charge is 2.47. The number of aliphatic hydroxyl groups is 1. The highest BCUT2D eigenvalue weighted by molar-refractivity contribution is 7.99. The van der Waals surface area contributed by atoms with Crippen molar-refractivity contribution in [2.45, 2.75) is 54.6 Å². The first kappa shape index (κ1) is 27.6. The van der Waals surface area contributed by atoms with Crippen LogP contribution in [0.2, 0.25) is 0 Å². The minimum atomic E-state index is -0.912. The second-order valence-electron chi connectivity index (χ2n) is 9.49. The van der Waals surface area contributed by atoms with Gasteiger partial charge in [0.15, 0.2) is 0 Å². The van der Waals surface area contributed by atoms with Crippen LogP contribution in [0.5, 0.6) is 0 Å². The number of hydrogen-bond donors (Lipinski definition) is 1. The van der Waals surface area contributed by atoms with E-state index < -0.39 is 29.9 Å². The second kappa shape index (κ2) is 14.4. The molecule has 0 spiro atoms. The van der Waals surface area contributed by atoms with Gasteiger partial charge in [0.25, 0.3) is 0 Å². The van der Waals surface area contributed by atoms with E-state index in [0.29, 0.717) is 26.4 Å². The summed E-state index contributed by atoms with van der Waals surface area (Å²) < 4.78 is 25.5. The Bertz CT molecular complexity index is 1230. The molecule has 5 nitrogen and oxygen atoms in total. The Kier molecular flexibility index (Phi) is 10.2. The van der Waals surface area contributed by atoms with Gasteiger partial charge >= 0.3 is 0 Å². The fourth-order valence-electron chi connectivity index (χ4n) is 4.55. The van der Waals surface area contributed by atoms with Crippen molar-refractivity contribution in [3.63, 3.8) is 0 Å². The third kappa shape index (κ3) is 8.02. The van der Waals surface area contributed by atoms with Crippen molar-refractivity contribution in [3.05, 3.63) is 138 Å². The van der Waals surface area contributed by atoms with E-state index in [2.05, 4.69) is 0 Å². The molecule has 0 saturated carbocycles. The average Bonchev–Trinajstić information content (AvgIpc) is 2.99. The molecule has 0 aliphatic carbocycles. The molecule has 1 N–H and O–H groups in total. The smallest absolute Gasteiger partial charge is 0.136 e. The van der Waals surface area contributed by atoms with E-state index >= 15 is 0 Å². The Morgan fingerprint density at radius 2 is 1.05 bits per heavy atom. The van der Waals surface area contributed by atoms with Gasteiger partial charge in [-0.05, 0) is 28.8 Å². The lowest BCUT2D eigenvalue weighted by Crippen LogP contribution is -2.59. The number of ether oxygens (including phenoxy) is 4. The molecule has 202 valence electrons. The van der Waals surface area contributed by atoms with Crippen LogP contribution in [0.1, 0.15) is 16.7 Å². The lowest BCUT2D eigenvalue weighted by molar-refractivity contribution is -0.243. The predicted molar refractivity (Wildman–Crippen MR) is 153 cm³/mol. The summed E-state index contributed by atoms with van der Waals surface area (Å²) in [7, 11) is 0. The van der Waals surface area contributed by atoms with Crippen molar-refractivity contribution in [2.24, 2.45) is 0 Å². The van der Waals surface area contributed by atoms with Crippen LogP contribution in [-0.2, 0) is 38.8 Å². The first-order valence-corrected chi connectivity index (χ1v) is 14.1. The zero-order chi connectivity index (χ0) is 26.7. The summed E-state index contributed by atoms with van der Waals surface area (Å²) in [5, 5.41) is 11.6. The van der Waals surface area contributed by atoms with Crippen molar-refractivity contribution < 1.29 is 24.1 Å². The topological polar surface area (TPSA) is 57.2 Å². The molecule has 5 rings (SSSR count). The molecule has 0 amide bonds. The van der Waals surface area contributed by atoms with Crippen molar-refractivity contribution in [1.29, 1.82) is 0 Å². The van der Waals surface area contributed by atoms with Crippen LogP contribution in [0, 0.1) is 0 Å². The quantitative estimate of drug-likeness (QED) is 0.228. The molecule has 4 aromatic carbocycles. The van der Waals surface area contributed by atoms with Crippen LogP contribution in [-0.4, -0.2) is 41.6 Å². The van der Waals surface area contributed by atoms with Crippen LogP contribution < -0.4 is 0 Å². The van der Waals surface area contributed by atoms with Gasteiger partial charge in [0.1, 0.15) is 29.9 Å². The fraction of sp³-hybridized carbons (Fsp3) is 0.273. The van der Waals surface area contributed by atoms with E-state index in [1.807, 2.05) is 121 Å². The Labute approximate surface area is 234 Å². The van der Waals surface area contributed by atoms with E-state index in [1.54, 1.807) is 0 Å². The lowest BCUT2D eigenvalue weighted by Gasteiger charge is -2.44. The standard InChI is InChI=1S/C33H34O5S/c34-30-32(37-23-27-17-9-3-10-18-27)31(36-22-26-15-7-2-8-16-26)29(24-35-21-25-13-5-1-6-14-25)38-33(30)39-28-19-11-4-12-20-28/h1-20,29-34H,21-24H2/t29-,30+,31-,32-,33-/m1/s1. The Balaban J connectivity index is 1.37. The molecule has 0 bridgehead atoms. The summed E-state index contributed by atoms with van der Waals surface area (Å²) in [6, 6.07) is 40.0. The van der Waals surface area contributed by atoms with Crippen LogP contribution in [0.3, 0.4) is 0 Å². The summed E-state index contributed by atoms with van der Waals surface area (Å²) >= 11 is 1.48. The van der Waals surface area contributed by atoms with Gasteiger partial charge in [-0.1, -0.05) is 121 Å². The van der Waals surface area contributed by atoms with E-state index in [0.717, 1.165) is 21.6 Å². The fourth-order valence-corrected chi connectivity index (χ4v) is 5.63. The maximum atomic E-state index is 11.6. The third-order valence-electron chi connectivity index (χ3n) is 6.57. The van der Waals surface area contributed by atoms with Gasteiger partial charge in [-0.2, -0.15) is 0 Å². The first-order chi connectivity index (χ1) is 19.3. The summed E-state index contributed by atoms with van der Waals surface area (Å²) in [6.45, 7) is 1.49. The molecular formula is C33H34O5S. The molecule has 1 heterocycles. The van der Waals surface area contributed by atoms with Crippen LogP contribution in [0.4, 0.5) is 0 Å². The van der Waals surface area contributed by atoms with Gasteiger partial charge in [-0.25, -0.2) is 0 Å². The summed E-state index contributed by atoms with van der Waals surface area (Å²) in [5.41, 5.74) is 2.61. The van der Waals surface area contributed by atoms with Crippen LogP contribution in [0.25, 0.3) is 0 Å². The molecule has 6 heteroatoms. The number of rotatable bonds is 12. The lowest BCUT2D eigenvalue weighted by atomic mass is 9.99. The summed E-state index contributed by atoms with van der Waals surface area (Å²) in [6.07, 6.45) is -2.51. The molecule has 39 heavy (non-hydrogen) atoms. The van der Waals surface area contributed by atoms with Crippen LogP contribution >= 0.6 is 11.8 Å². The Hall–Kier alpha value is -2.97. The molecular weight excluding hydrogens is 508 g/mol. The van der Waals surface area contributed by atoms with Crippen molar-refractivity contribution in [3.8, 4) is 0 Å². The van der Waals surface area contributed by atoms with Crippen LogP contribution in [0.15, 0.2) is 126 Å². The van der Waals surface area contributed by atoms with E-state index in [1.165, 1.54) is 11.8 Å². The largest absolute Gasteiger partial charge is 0.387 e. The van der Waals surface area contributed by atoms with E-state index in [4.69, 9.17) is 18.9 Å². The number of thioether (sulfide) groups is 1. The Morgan fingerprint density at radius 3 is 1.59 bits per heavy atom. The van der Waals surface area contributed by atoms with Crippen molar-refractivity contribution >= 4 is 11.8 Å². The SMILES string of the molecule is O[C@H]1[C@@H](OCc2ccccc2)[C@H](OCc2ccccc2)[C@@H](COCc2ccccc2)O[C@@H]1Sc1ccccc1. The highest BCUT2D eigenvalue weighted by atomic mass is 32.2. The van der Waals surface area contributed by atoms with E-state index in [9.17, 15) is 5.11 Å². The van der Waals surface area contributed by atoms with Gasteiger partial charge in [0, 0.05) is 4.90 Å². The minimum Gasteiger partial charge on any atom is -0.387 e. The maximum absolute atomic E-state index is 11.6. The van der Waals surface area contributed by atoms with Crippen molar-refractivity contribution in [1.82, 2.24) is 0 Å². The number of benzene rings is 4. The third-order valence-corrected chi connectivity index (χ3v) is 7.74. The summed E-state index contributed by atoms with van der Waals surface area (Å²) in [5.74, 6) is 0. The predicted octanol–water partition coefficient (Wildman–Crippen LogP) is 6.25. The molecule has 4 aromatic rings. The summed E-state index contributed by atoms with van der Waals surface area (Å²) in [4.78, 5) is 1.01. The molecule has 5 atom stereocenters. The molecule has 1 fully saturated rings. The van der Waals surface area contributed by atoms with Gasteiger partial charge in [0.2, 0.25) is 0 Å². The van der Waals surface area contributed by atoms with Gasteiger partial charge in [0.05, 0.1) is 26.4 Å². The highest BCUT2D eigenvalue weighted by Crippen LogP contribution is 2.36. The Morgan fingerprint density at radius 1 is 0.590 bits per heavy atom. The normalized spacial score (nSPS) is 22.9. The monoisotopic (exact) mass is 542 g/mol. The molecule has 1 saturated heterocycles. The van der Waals surface area contributed by atoms with Crippen molar-refractivity contribution in [2.75, 3.05) is 6.61 Å². The molecule has 1 aliphatic heterocycles. The number of aliphatic hydroxyl groups excluding tert-OH is 1. The average molecular weight is 543 g/mol. The first-order valence-electron chi connectivity index (χ1n) is 13.2. The van der Waals surface area contributed by atoms with E-state index in [-0.39, 0.29) is 0 Å². The molecule has 1 aliphatic rings. The number of hydrogen-bond acceptors (Lipinski definition) is 6. The molecule has 0 radical (unpaired) electrons. The van der Waals surface area contributed by atoms with Gasteiger partial charge < -0.3 is 24.1 Å². The second-order valence-corrected chi connectivity index (χ2v) is 10.7.